The first-order valence-electron chi connectivity index (χ1n) is 6.88. The normalized spacial score (nSPS) is 9.85. The van der Waals surface area contributed by atoms with E-state index in [1.807, 2.05) is 45.9 Å². The van der Waals surface area contributed by atoms with Gasteiger partial charge < -0.3 is 13.6 Å². The molecule has 0 aliphatic heterocycles. The smallest absolute Gasteiger partial charge is 0.148 e. The Morgan fingerprint density at radius 3 is 2.30 bits per heavy atom. The quantitative estimate of drug-likeness (QED) is 0.572. The van der Waals surface area contributed by atoms with E-state index in [0.717, 1.165) is 39.6 Å². The number of benzene rings is 1. The Morgan fingerprint density at radius 1 is 1.05 bits per heavy atom. The summed E-state index contributed by atoms with van der Waals surface area (Å²) < 4.78 is 16.4. The Balaban J connectivity index is 0.000000247. The minimum Gasteiger partial charge on any atom is -0.464 e. The second-order valence-electron chi connectivity index (χ2n) is 3.64. The molecule has 0 bridgehead atoms. The molecule has 3 aromatic rings. The van der Waals surface area contributed by atoms with E-state index in [0.29, 0.717) is 0 Å². The van der Waals surface area contributed by atoms with Gasteiger partial charge in [0, 0.05) is 24.0 Å². The van der Waals surface area contributed by atoms with Crippen molar-refractivity contribution >= 4 is 37.9 Å². The van der Waals surface area contributed by atoms with E-state index in [1.54, 1.807) is 12.5 Å². The summed E-state index contributed by atoms with van der Waals surface area (Å²) in [6, 6.07) is 5.81. The van der Waals surface area contributed by atoms with Crippen LogP contribution in [0.5, 0.6) is 0 Å². The van der Waals surface area contributed by atoms with Crippen LogP contribution >= 0.6 is 15.9 Å². The summed E-state index contributed by atoms with van der Waals surface area (Å²) in [6.45, 7) is 9.67. The first-order chi connectivity index (χ1) is 9.77. The minimum absolute atomic E-state index is 0.844. The zero-order chi connectivity index (χ0) is 15.0. The van der Waals surface area contributed by atoms with Crippen molar-refractivity contribution in [1.82, 2.24) is 0 Å². The third kappa shape index (κ3) is 3.87. The van der Waals surface area contributed by atoms with Crippen molar-refractivity contribution in [3.63, 3.8) is 0 Å². The second kappa shape index (κ2) is 8.82. The molecule has 1 aromatic carbocycles. The first-order valence-corrected chi connectivity index (χ1v) is 7.67. The van der Waals surface area contributed by atoms with Crippen molar-refractivity contribution in [2.24, 2.45) is 0 Å². The fourth-order valence-corrected chi connectivity index (χ4v) is 2.34. The van der Waals surface area contributed by atoms with Crippen LogP contribution in [0.25, 0.3) is 21.9 Å². The van der Waals surface area contributed by atoms with Gasteiger partial charge in [0.05, 0.1) is 17.0 Å². The largest absolute Gasteiger partial charge is 0.464 e. The lowest BCUT2D eigenvalue weighted by Gasteiger charge is -1.94. The molecule has 2 aromatic heterocycles. The van der Waals surface area contributed by atoms with Gasteiger partial charge in [-0.3, -0.25) is 0 Å². The molecule has 0 aliphatic carbocycles. The Kier molecular flexibility index (Phi) is 7.41. The molecule has 0 N–H and O–H groups in total. The molecule has 3 rings (SSSR count). The highest BCUT2D eigenvalue weighted by molar-refractivity contribution is 9.10. The van der Waals surface area contributed by atoms with Gasteiger partial charge in [-0.15, -0.1) is 0 Å². The van der Waals surface area contributed by atoms with E-state index in [1.165, 1.54) is 0 Å². The van der Waals surface area contributed by atoms with Gasteiger partial charge in [-0.25, -0.2) is 0 Å². The standard InChI is InChI=1S/C10H5BrO2.C4H10O.C2H6/c11-9-7-2-4-12-8(7)5-6-1-3-13-10(6)9;1-3-5-4-2;1-2/h1-5H;3-4H2,1-2H3;1-2H3. The Hall–Kier alpha value is -1.26. The molecule has 2 heterocycles. The third-order valence-electron chi connectivity index (χ3n) is 2.52. The van der Waals surface area contributed by atoms with E-state index in [2.05, 4.69) is 15.9 Å². The van der Waals surface area contributed by atoms with E-state index in [4.69, 9.17) is 13.6 Å². The van der Waals surface area contributed by atoms with Crippen LogP contribution in [0, 0.1) is 0 Å². The maximum atomic E-state index is 5.34. The van der Waals surface area contributed by atoms with Crippen LogP contribution in [-0.2, 0) is 4.74 Å². The van der Waals surface area contributed by atoms with E-state index in [9.17, 15) is 0 Å². The summed E-state index contributed by atoms with van der Waals surface area (Å²) in [5, 5.41) is 2.09. The molecule has 0 fully saturated rings. The topological polar surface area (TPSA) is 35.5 Å². The average Bonchev–Trinajstić information content (AvgIpc) is 3.12. The number of hydrogen-bond acceptors (Lipinski definition) is 3. The predicted octanol–water partition coefficient (Wildman–Crippen LogP) is 6.01. The van der Waals surface area contributed by atoms with Gasteiger partial charge in [-0.1, -0.05) is 13.8 Å². The van der Waals surface area contributed by atoms with Crippen molar-refractivity contribution in [2.75, 3.05) is 13.2 Å². The van der Waals surface area contributed by atoms with Gasteiger partial charge in [-0.05, 0) is 48.0 Å². The third-order valence-corrected chi connectivity index (χ3v) is 3.31. The molecule has 0 atom stereocenters. The van der Waals surface area contributed by atoms with Crippen LogP contribution in [0.3, 0.4) is 0 Å². The number of furan rings is 2. The molecular weight excluding hydrogens is 320 g/mol. The highest BCUT2D eigenvalue weighted by atomic mass is 79.9. The summed E-state index contributed by atoms with van der Waals surface area (Å²) >= 11 is 3.49. The van der Waals surface area contributed by atoms with Crippen LogP contribution in [-0.4, -0.2) is 13.2 Å². The number of ether oxygens (including phenoxy) is 1. The Morgan fingerprint density at radius 2 is 1.70 bits per heavy atom. The Bertz CT molecular complexity index is 574. The summed E-state index contributed by atoms with van der Waals surface area (Å²) in [7, 11) is 0. The van der Waals surface area contributed by atoms with Gasteiger partial charge in [0.25, 0.3) is 0 Å². The lowest BCUT2D eigenvalue weighted by atomic mass is 10.2. The number of halogens is 1. The average molecular weight is 341 g/mol. The van der Waals surface area contributed by atoms with Gasteiger partial charge in [0.2, 0.25) is 0 Å². The van der Waals surface area contributed by atoms with Gasteiger partial charge in [0.1, 0.15) is 11.2 Å². The molecule has 0 amide bonds. The maximum Gasteiger partial charge on any atom is 0.148 e. The number of rotatable bonds is 2. The molecule has 0 unspecified atom stereocenters. The summed E-state index contributed by atoms with van der Waals surface area (Å²) in [6.07, 6.45) is 3.35. The summed E-state index contributed by atoms with van der Waals surface area (Å²) in [5.41, 5.74) is 1.75. The molecule has 0 radical (unpaired) electrons. The summed E-state index contributed by atoms with van der Waals surface area (Å²) in [5.74, 6) is 0. The molecule has 0 aliphatic rings. The SMILES string of the molecule is Brc1c2ccoc2cc2ccoc12.CC.CCOCC. The molecule has 4 heteroatoms. The molecule has 3 nitrogen and oxygen atoms in total. The van der Waals surface area contributed by atoms with Gasteiger partial charge in [-0.2, -0.15) is 0 Å². The summed E-state index contributed by atoms with van der Waals surface area (Å²) in [4.78, 5) is 0. The lowest BCUT2D eigenvalue weighted by Crippen LogP contribution is -1.84. The molecule has 20 heavy (non-hydrogen) atoms. The minimum atomic E-state index is 0.844. The van der Waals surface area contributed by atoms with E-state index >= 15 is 0 Å². The lowest BCUT2D eigenvalue weighted by molar-refractivity contribution is 0.162. The van der Waals surface area contributed by atoms with Gasteiger partial charge in [0.15, 0.2) is 0 Å². The van der Waals surface area contributed by atoms with Crippen molar-refractivity contribution in [2.45, 2.75) is 27.7 Å². The zero-order valence-corrected chi connectivity index (χ0v) is 14.0. The van der Waals surface area contributed by atoms with Crippen molar-refractivity contribution in [3.05, 3.63) is 35.2 Å². The van der Waals surface area contributed by atoms with Crippen LogP contribution in [0.1, 0.15) is 27.7 Å². The van der Waals surface area contributed by atoms with Gasteiger partial charge >= 0.3 is 0 Å². The van der Waals surface area contributed by atoms with Crippen molar-refractivity contribution in [3.8, 4) is 0 Å². The van der Waals surface area contributed by atoms with Crippen LogP contribution in [0.2, 0.25) is 0 Å². The molecule has 110 valence electrons. The fraction of sp³-hybridized carbons (Fsp3) is 0.375. The predicted molar refractivity (Wildman–Crippen MR) is 87.2 cm³/mol. The highest BCUT2D eigenvalue weighted by Crippen LogP contribution is 2.33. The van der Waals surface area contributed by atoms with Crippen molar-refractivity contribution < 1.29 is 13.6 Å². The number of hydrogen-bond donors (Lipinski definition) is 0. The molecular formula is C16H21BrO3. The number of fused-ring (bicyclic) bond motifs is 2. The Labute approximate surface area is 128 Å². The molecule has 0 saturated carbocycles. The molecule has 0 spiro atoms. The fourth-order valence-electron chi connectivity index (χ4n) is 1.69. The first kappa shape index (κ1) is 16.8. The highest BCUT2D eigenvalue weighted by Gasteiger charge is 2.09. The van der Waals surface area contributed by atoms with E-state index in [-0.39, 0.29) is 0 Å². The zero-order valence-electron chi connectivity index (χ0n) is 12.4. The maximum absolute atomic E-state index is 5.34. The monoisotopic (exact) mass is 340 g/mol. The van der Waals surface area contributed by atoms with Crippen LogP contribution in [0.4, 0.5) is 0 Å². The van der Waals surface area contributed by atoms with E-state index < -0.39 is 0 Å². The van der Waals surface area contributed by atoms with Crippen LogP contribution in [0.15, 0.2) is 44.0 Å². The van der Waals surface area contributed by atoms with Crippen molar-refractivity contribution in [1.29, 1.82) is 0 Å². The second-order valence-corrected chi connectivity index (χ2v) is 4.44. The van der Waals surface area contributed by atoms with Crippen LogP contribution < -0.4 is 0 Å². The molecule has 0 saturated heterocycles.